The Bertz CT molecular complexity index is 1060. The van der Waals surface area contributed by atoms with Crippen molar-refractivity contribution in [3.8, 4) is 11.1 Å². The third-order valence-electron chi connectivity index (χ3n) is 4.54. The Kier molecular flexibility index (Phi) is 6.29. The van der Waals surface area contributed by atoms with Crippen molar-refractivity contribution in [2.24, 2.45) is 7.05 Å². The molecule has 0 aliphatic heterocycles. The van der Waals surface area contributed by atoms with Crippen molar-refractivity contribution in [3.05, 3.63) is 52.6 Å². The first-order valence-electron chi connectivity index (χ1n) is 9.08. The van der Waals surface area contributed by atoms with E-state index in [9.17, 15) is 9.59 Å². The van der Waals surface area contributed by atoms with E-state index in [-0.39, 0.29) is 24.2 Å². The van der Waals surface area contributed by atoms with E-state index in [1.165, 1.54) is 0 Å². The van der Waals surface area contributed by atoms with E-state index in [0.29, 0.717) is 5.69 Å². The molecule has 0 fully saturated rings. The van der Waals surface area contributed by atoms with Crippen molar-refractivity contribution >= 4 is 50.2 Å². The normalized spacial score (nSPS) is 11.5. The van der Waals surface area contributed by atoms with Crippen LogP contribution in [0.2, 0.25) is 0 Å². The summed E-state index contributed by atoms with van der Waals surface area (Å²) in [7, 11) is 1.82. The molecule has 0 radical (unpaired) electrons. The maximum absolute atomic E-state index is 12.9. The first-order chi connectivity index (χ1) is 13.7. The summed E-state index contributed by atoms with van der Waals surface area (Å²) < 4.78 is 2.72. The lowest BCUT2D eigenvalue weighted by atomic mass is 10.0. The second-order valence-electron chi connectivity index (χ2n) is 7.46. The summed E-state index contributed by atoms with van der Waals surface area (Å²) in [5, 5.41) is 10.8. The van der Waals surface area contributed by atoms with Gasteiger partial charge in [-0.2, -0.15) is 5.10 Å². The van der Waals surface area contributed by atoms with E-state index in [1.54, 1.807) is 4.68 Å². The maximum Gasteiger partial charge on any atom is 0.272 e. The molecular formula is C21H22BrClN4O2. The number of carbonyl (C=O) groups excluding carboxylic acids is 2. The van der Waals surface area contributed by atoms with Crippen molar-refractivity contribution in [2.75, 3.05) is 12.4 Å². The predicted molar refractivity (Wildman–Crippen MR) is 119 cm³/mol. The van der Waals surface area contributed by atoms with Crippen molar-refractivity contribution in [2.45, 2.75) is 19.4 Å². The number of alkyl halides is 1. The summed E-state index contributed by atoms with van der Waals surface area (Å²) in [5.74, 6) is -0.690. The molecule has 0 atom stereocenters. The Labute approximate surface area is 182 Å². The van der Waals surface area contributed by atoms with Crippen LogP contribution >= 0.6 is 27.5 Å². The summed E-state index contributed by atoms with van der Waals surface area (Å²) in [6.45, 7) is 3.93. The zero-order valence-corrected chi connectivity index (χ0v) is 18.8. The van der Waals surface area contributed by atoms with Gasteiger partial charge in [0.2, 0.25) is 5.91 Å². The molecule has 8 heteroatoms. The Morgan fingerprint density at radius 3 is 2.45 bits per heavy atom. The molecule has 3 aromatic rings. The average molecular weight is 478 g/mol. The van der Waals surface area contributed by atoms with Crippen molar-refractivity contribution in [1.29, 1.82) is 0 Å². The van der Waals surface area contributed by atoms with Gasteiger partial charge in [-0.1, -0.05) is 34.1 Å². The van der Waals surface area contributed by atoms with Crippen LogP contribution in [0.5, 0.6) is 0 Å². The van der Waals surface area contributed by atoms with Crippen LogP contribution in [0.4, 0.5) is 0 Å². The van der Waals surface area contributed by atoms with Crippen LogP contribution in [0.25, 0.3) is 22.0 Å². The van der Waals surface area contributed by atoms with E-state index in [4.69, 9.17) is 11.6 Å². The molecule has 0 aliphatic carbocycles. The Morgan fingerprint density at radius 1 is 1.14 bits per heavy atom. The minimum Gasteiger partial charge on any atom is -0.353 e. The van der Waals surface area contributed by atoms with Crippen LogP contribution in [0, 0.1) is 0 Å². The number of fused-ring (bicyclic) bond motifs is 1. The molecule has 2 N–H and O–H groups in total. The lowest BCUT2D eigenvalue weighted by Gasteiger charge is -2.26. The Balaban J connectivity index is 1.85. The Morgan fingerprint density at radius 2 is 1.79 bits per heavy atom. The van der Waals surface area contributed by atoms with Crippen LogP contribution < -0.4 is 10.6 Å². The molecular weight excluding hydrogens is 456 g/mol. The molecule has 3 rings (SSSR count). The van der Waals surface area contributed by atoms with Crippen LogP contribution in [0.15, 0.2) is 46.9 Å². The molecule has 0 saturated carbocycles. The molecule has 0 saturated heterocycles. The topological polar surface area (TPSA) is 76.0 Å². The largest absolute Gasteiger partial charge is 0.353 e. The highest BCUT2D eigenvalue weighted by molar-refractivity contribution is 9.10. The highest BCUT2D eigenvalue weighted by Crippen LogP contribution is 2.27. The number of nitrogens with zero attached hydrogens (tertiary/aromatic N) is 2. The number of rotatable bonds is 6. The fraction of sp³-hybridized carbons (Fsp3) is 0.286. The van der Waals surface area contributed by atoms with Gasteiger partial charge < -0.3 is 10.6 Å². The number of benzene rings is 2. The zero-order valence-electron chi connectivity index (χ0n) is 16.4. The van der Waals surface area contributed by atoms with Gasteiger partial charge in [-0.3, -0.25) is 14.3 Å². The molecule has 0 aliphatic rings. The molecule has 0 spiro atoms. The minimum absolute atomic E-state index is 0.115. The highest BCUT2D eigenvalue weighted by Gasteiger charge is 2.25. The van der Waals surface area contributed by atoms with Gasteiger partial charge in [0.1, 0.15) is 5.88 Å². The van der Waals surface area contributed by atoms with Gasteiger partial charge in [0.05, 0.1) is 11.1 Å². The highest BCUT2D eigenvalue weighted by atomic mass is 79.9. The zero-order chi connectivity index (χ0) is 21.2. The third-order valence-corrected chi connectivity index (χ3v) is 5.32. The summed E-state index contributed by atoms with van der Waals surface area (Å²) in [5.41, 5.74) is 2.69. The smallest absolute Gasteiger partial charge is 0.272 e. The van der Waals surface area contributed by atoms with E-state index in [1.807, 2.05) is 63.4 Å². The van der Waals surface area contributed by atoms with Gasteiger partial charge >= 0.3 is 0 Å². The van der Waals surface area contributed by atoms with E-state index in [0.717, 1.165) is 26.5 Å². The third kappa shape index (κ3) is 4.97. The van der Waals surface area contributed by atoms with Gasteiger partial charge in [-0.05, 0) is 49.2 Å². The van der Waals surface area contributed by atoms with Gasteiger partial charge in [0.25, 0.3) is 5.91 Å². The van der Waals surface area contributed by atoms with Crippen LogP contribution in [-0.2, 0) is 11.8 Å². The number of hydrogen-bond donors (Lipinski definition) is 2. The number of aryl methyl sites for hydroxylation is 1. The molecule has 0 unspecified atom stereocenters. The Hall–Kier alpha value is -2.38. The fourth-order valence-electron chi connectivity index (χ4n) is 3.02. The quantitative estimate of drug-likeness (QED) is 0.529. The number of halogens is 2. The van der Waals surface area contributed by atoms with Crippen molar-refractivity contribution in [3.63, 3.8) is 0 Å². The molecule has 2 amide bonds. The van der Waals surface area contributed by atoms with Gasteiger partial charge in [-0.15, -0.1) is 11.6 Å². The van der Waals surface area contributed by atoms with Crippen molar-refractivity contribution in [1.82, 2.24) is 20.4 Å². The van der Waals surface area contributed by atoms with Crippen LogP contribution in [0.1, 0.15) is 24.3 Å². The van der Waals surface area contributed by atoms with Crippen LogP contribution in [-0.4, -0.2) is 39.6 Å². The lowest BCUT2D eigenvalue weighted by Crippen LogP contribution is -2.51. The first kappa shape index (κ1) is 21.3. The summed E-state index contributed by atoms with van der Waals surface area (Å²) >= 11 is 8.95. The lowest BCUT2D eigenvalue weighted by molar-refractivity contribution is -0.118. The molecule has 1 aromatic heterocycles. The minimum atomic E-state index is -0.653. The van der Waals surface area contributed by atoms with E-state index in [2.05, 4.69) is 31.7 Å². The molecule has 2 aromatic carbocycles. The first-order valence-corrected chi connectivity index (χ1v) is 10.4. The SMILES string of the molecule is Cn1nc(C(=O)NC(C)(C)CNC(=O)CCl)c2ccc(-c3ccc(Br)cc3)cc21. The number of amides is 2. The van der Waals surface area contributed by atoms with Gasteiger partial charge in [-0.25, -0.2) is 0 Å². The van der Waals surface area contributed by atoms with Gasteiger partial charge in [0.15, 0.2) is 5.69 Å². The fourth-order valence-corrected chi connectivity index (χ4v) is 3.38. The molecule has 6 nitrogen and oxygen atoms in total. The molecule has 1 heterocycles. The second-order valence-corrected chi connectivity index (χ2v) is 8.64. The summed E-state index contributed by atoms with van der Waals surface area (Å²) in [4.78, 5) is 24.2. The predicted octanol–water partition coefficient (Wildman–Crippen LogP) is 3.87. The van der Waals surface area contributed by atoms with Crippen LogP contribution in [0.3, 0.4) is 0 Å². The number of hydrogen-bond acceptors (Lipinski definition) is 3. The van der Waals surface area contributed by atoms with E-state index < -0.39 is 5.54 Å². The molecule has 152 valence electrons. The molecule has 29 heavy (non-hydrogen) atoms. The second kappa shape index (κ2) is 8.55. The number of aromatic nitrogens is 2. The summed E-state index contributed by atoms with van der Waals surface area (Å²) in [6, 6.07) is 14.0. The number of nitrogens with one attached hydrogen (secondary N) is 2. The summed E-state index contributed by atoms with van der Waals surface area (Å²) in [6.07, 6.45) is 0. The monoisotopic (exact) mass is 476 g/mol. The number of carbonyl (C=O) groups is 2. The van der Waals surface area contributed by atoms with Crippen molar-refractivity contribution < 1.29 is 9.59 Å². The van der Waals surface area contributed by atoms with E-state index >= 15 is 0 Å². The maximum atomic E-state index is 12.9. The standard InChI is InChI=1S/C21H22BrClN4O2/c1-21(2,12-24-18(28)11-23)25-20(29)19-16-9-6-14(10-17(16)27(3)26-19)13-4-7-15(22)8-5-13/h4-10H,11-12H2,1-3H3,(H,24,28)(H,25,29). The average Bonchev–Trinajstić information content (AvgIpc) is 3.03. The molecule has 0 bridgehead atoms. The van der Waals surface area contributed by atoms with Gasteiger partial charge in [0, 0.05) is 23.5 Å².